The fraction of sp³-hybridized carbons (Fsp3) is 0.421. The molecule has 0 saturated carbocycles. The summed E-state index contributed by atoms with van der Waals surface area (Å²) in [7, 11) is 0. The van der Waals surface area contributed by atoms with Crippen LogP contribution in [0, 0.1) is 19.8 Å². The summed E-state index contributed by atoms with van der Waals surface area (Å²) in [6.07, 6.45) is -0.856. The average molecular weight is 343 g/mol. The number of hydrogen-bond donors (Lipinski definition) is 1. The van der Waals surface area contributed by atoms with Crippen LogP contribution < -0.4 is 5.32 Å². The van der Waals surface area contributed by atoms with E-state index in [1.54, 1.807) is 18.5 Å². The van der Waals surface area contributed by atoms with Gasteiger partial charge in [-0.1, -0.05) is 32.0 Å². The van der Waals surface area contributed by atoms with Crippen LogP contribution >= 0.6 is 0 Å². The second-order valence-corrected chi connectivity index (χ2v) is 6.48. The number of ether oxygens (including phenoxy) is 1. The number of rotatable bonds is 6. The molecule has 1 heterocycles. The van der Waals surface area contributed by atoms with Crippen molar-refractivity contribution in [3.63, 3.8) is 0 Å². The van der Waals surface area contributed by atoms with Gasteiger partial charge in [0, 0.05) is 6.54 Å². The number of benzene rings is 1. The lowest BCUT2D eigenvalue weighted by Gasteiger charge is -2.14. The maximum atomic E-state index is 12.5. The molecule has 0 aliphatic rings. The van der Waals surface area contributed by atoms with E-state index < -0.39 is 12.1 Å². The SMILES string of the molecule is Cc1nn(-c2ccccc2)c(C)c1C(=O)O[C@@H](C)C(=O)NCC(C)C. The number of nitrogens with one attached hydrogen (secondary N) is 1. The molecule has 0 spiro atoms. The molecular formula is C19H25N3O3. The summed E-state index contributed by atoms with van der Waals surface area (Å²) in [6.45, 7) is 9.69. The first-order valence-corrected chi connectivity index (χ1v) is 8.41. The van der Waals surface area contributed by atoms with Gasteiger partial charge in [-0.2, -0.15) is 5.10 Å². The minimum atomic E-state index is -0.856. The van der Waals surface area contributed by atoms with Gasteiger partial charge in [0.2, 0.25) is 0 Å². The second kappa shape index (κ2) is 7.96. The molecule has 2 rings (SSSR count). The van der Waals surface area contributed by atoms with Crippen molar-refractivity contribution >= 4 is 11.9 Å². The maximum Gasteiger partial charge on any atom is 0.342 e. The molecule has 1 amide bonds. The smallest absolute Gasteiger partial charge is 0.342 e. The number of carbonyl (C=O) groups is 2. The van der Waals surface area contributed by atoms with Crippen molar-refractivity contribution in [3.05, 3.63) is 47.3 Å². The number of amides is 1. The van der Waals surface area contributed by atoms with Crippen LogP contribution in [-0.4, -0.2) is 34.3 Å². The fourth-order valence-electron chi connectivity index (χ4n) is 2.48. The molecule has 0 aliphatic heterocycles. The summed E-state index contributed by atoms with van der Waals surface area (Å²) in [5.41, 5.74) is 2.52. The van der Waals surface area contributed by atoms with Crippen molar-refractivity contribution in [1.82, 2.24) is 15.1 Å². The van der Waals surface area contributed by atoms with Crippen LogP contribution in [0.1, 0.15) is 42.5 Å². The summed E-state index contributed by atoms with van der Waals surface area (Å²) in [5, 5.41) is 7.19. The quantitative estimate of drug-likeness (QED) is 0.819. The highest BCUT2D eigenvalue weighted by Gasteiger charge is 2.25. The van der Waals surface area contributed by atoms with E-state index in [0.29, 0.717) is 29.4 Å². The van der Waals surface area contributed by atoms with Crippen LogP contribution in [0.25, 0.3) is 5.69 Å². The molecule has 0 saturated heterocycles. The number of carbonyl (C=O) groups excluding carboxylic acids is 2. The van der Waals surface area contributed by atoms with Gasteiger partial charge < -0.3 is 10.1 Å². The van der Waals surface area contributed by atoms with Gasteiger partial charge >= 0.3 is 5.97 Å². The number of hydrogen-bond acceptors (Lipinski definition) is 4. The number of nitrogens with zero attached hydrogens (tertiary/aromatic N) is 2. The molecular weight excluding hydrogens is 318 g/mol. The van der Waals surface area contributed by atoms with E-state index in [-0.39, 0.29) is 5.91 Å². The summed E-state index contributed by atoms with van der Waals surface area (Å²) in [4.78, 5) is 24.5. The number of aromatic nitrogens is 2. The van der Waals surface area contributed by atoms with Crippen LogP contribution in [0.2, 0.25) is 0 Å². The summed E-state index contributed by atoms with van der Waals surface area (Å²) >= 11 is 0. The van der Waals surface area contributed by atoms with Crippen molar-refractivity contribution in [3.8, 4) is 5.69 Å². The van der Waals surface area contributed by atoms with Crippen molar-refractivity contribution in [2.24, 2.45) is 5.92 Å². The van der Waals surface area contributed by atoms with E-state index in [4.69, 9.17) is 4.74 Å². The third-order valence-electron chi connectivity index (χ3n) is 3.83. The Morgan fingerprint density at radius 3 is 2.40 bits per heavy atom. The van der Waals surface area contributed by atoms with Crippen molar-refractivity contribution in [1.29, 1.82) is 0 Å². The highest BCUT2D eigenvalue weighted by Crippen LogP contribution is 2.19. The van der Waals surface area contributed by atoms with Crippen molar-refractivity contribution in [2.45, 2.75) is 40.7 Å². The normalized spacial score (nSPS) is 12.1. The Balaban J connectivity index is 2.15. The molecule has 6 nitrogen and oxygen atoms in total. The lowest BCUT2D eigenvalue weighted by molar-refractivity contribution is -0.129. The van der Waals surface area contributed by atoms with E-state index in [1.807, 2.05) is 51.1 Å². The van der Waals surface area contributed by atoms with Gasteiger partial charge in [0.1, 0.15) is 5.56 Å². The van der Waals surface area contributed by atoms with Gasteiger partial charge in [0.05, 0.1) is 17.1 Å². The third-order valence-corrected chi connectivity index (χ3v) is 3.83. The zero-order valence-corrected chi connectivity index (χ0v) is 15.4. The summed E-state index contributed by atoms with van der Waals surface area (Å²) < 4.78 is 7.04. The van der Waals surface area contributed by atoms with Crippen LogP contribution in [0.3, 0.4) is 0 Å². The molecule has 1 aromatic heterocycles. The Bertz CT molecular complexity index is 751. The van der Waals surface area contributed by atoms with E-state index >= 15 is 0 Å². The molecule has 0 fully saturated rings. The number of esters is 1. The van der Waals surface area contributed by atoms with Gasteiger partial charge in [-0.25, -0.2) is 9.48 Å². The van der Waals surface area contributed by atoms with E-state index in [9.17, 15) is 9.59 Å². The molecule has 134 valence electrons. The second-order valence-electron chi connectivity index (χ2n) is 6.48. The molecule has 0 radical (unpaired) electrons. The minimum Gasteiger partial charge on any atom is -0.449 e. The Hall–Kier alpha value is -2.63. The highest BCUT2D eigenvalue weighted by atomic mass is 16.5. The highest BCUT2D eigenvalue weighted by molar-refractivity contribution is 5.94. The molecule has 1 atom stereocenters. The fourth-order valence-corrected chi connectivity index (χ4v) is 2.48. The molecule has 2 aromatic rings. The lowest BCUT2D eigenvalue weighted by Crippen LogP contribution is -2.37. The molecule has 0 aliphatic carbocycles. The molecule has 0 bridgehead atoms. The molecule has 6 heteroatoms. The van der Waals surface area contributed by atoms with Gasteiger partial charge in [-0.05, 0) is 38.8 Å². The minimum absolute atomic E-state index is 0.298. The predicted molar refractivity (Wildman–Crippen MR) is 95.8 cm³/mol. The Morgan fingerprint density at radius 1 is 1.16 bits per heavy atom. The molecule has 0 unspecified atom stereocenters. The molecule has 25 heavy (non-hydrogen) atoms. The maximum absolute atomic E-state index is 12.5. The van der Waals surface area contributed by atoms with Gasteiger partial charge in [-0.3, -0.25) is 4.79 Å². The zero-order valence-electron chi connectivity index (χ0n) is 15.4. The first kappa shape index (κ1) is 18.7. The molecule has 1 aromatic carbocycles. The number of para-hydroxylation sites is 1. The van der Waals surface area contributed by atoms with E-state index in [0.717, 1.165) is 5.69 Å². The van der Waals surface area contributed by atoms with E-state index in [1.165, 1.54) is 0 Å². The van der Waals surface area contributed by atoms with Crippen LogP contribution in [0.15, 0.2) is 30.3 Å². The van der Waals surface area contributed by atoms with Crippen LogP contribution in [0.4, 0.5) is 0 Å². The summed E-state index contributed by atoms with van der Waals surface area (Å²) in [5.74, 6) is -0.502. The van der Waals surface area contributed by atoms with Crippen LogP contribution in [-0.2, 0) is 9.53 Å². The largest absolute Gasteiger partial charge is 0.449 e. The van der Waals surface area contributed by atoms with Gasteiger partial charge in [-0.15, -0.1) is 0 Å². The summed E-state index contributed by atoms with van der Waals surface area (Å²) in [6, 6.07) is 9.56. The molecule has 1 N–H and O–H groups in total. The predicted octanol–water partition coefficient (Wildman–Crippen LogP) is 2.81. The topological polar surface area (TPSA) is 73.2 Å². The first-order chi connectivity index (χ1) is 11.8. The average Bonchev–Trinajstić information content (AvgIpc) is 2.87. The van der Waals surface area contributed by atoms with Crippen LogP contribution in [0.5, 0.6) is 0 Å². The standard InChI is InChI=1S/C19H25N3O3/c1-12(2)11-20-18(23)15(5)25-19(24)17-13(3)21-22(14(17)4)16-9-7-6-8-10-16/h6-10,12,15H,11H2,1-5H3,(H,20,23)/t15-/m0/s1. The Kier molecular flexibility index (Phi) is 5.96. The van der Waals surface area contributed by atoms with Gasteiger partial charge in [0.25, 0.3) is 5.91 Å². The van der Waals surface area contributed by atoms with E-state index in [2.05, 4.69) is 10.4 Å². The third kappa shape index (κ3) is 4.47. The zero-order chi connectivity index (χ0) is 18.6. The number of aryl methyl sites for hydroxylation is 1. The Morgan fingerprint density at radius 2 is 1.80 bits per heavy atom. The first-order valence-electron chi connectivity index (χ1n) is 8.41. The lowest BCUT2D eigenvalue weighted by atomic mass is 10.2. The van der Waals surface area contributed by atoms with Gasteiger partial charge in [0.15, 0.2) is 6.10 Å². The van der Waals surface area contributed by atoms with Crippen molar-refractivity contribution in [2.75, 3.05) is 6.54 Å². The Labute approximate surface area is 148 Å². The van der Waals surface area contributed by atoms with Crippen molar-refractivity contribution < 1.29 is 14.3 Å². The monoisotopic (exact) mass is 343 g/mol.